The first-order chi connectivity index (χ1) is 13.9. The third-order valence-corrected chi connectivity index (χ3v) is 5.44. The fourth-order valence-electron chi connectivity index (χ4n) is 2.72. The highest BCUT2D eigenvalue weighted by atomic mass is 32.2. The van der Waals surface area contributed by atoms with E-state index in [1.807, 2.05) is 6.92 Å². The lowest BCUT2D eigenvalue weighted by atomic mass is 10.1. The number of ether oxygens (including phenoxy) is 1. The largest absolute Gasteiger partial charge is 0.496 e. The Labute approximate surface area is 168 Å². The smallest absolute Gasteiger partial charge is 0.227 e. The minimum absolute atomic E-state index is 0.0460. The number of rotatable bonds is 7. The summed E-state index contributed by atoms with van der Waals surface area (Å²) in [5.41, 5.74) is 1.25. The van der Waals surface area contributed by atoms with Gasteiger partial charge in [-0.15, -0.1) is 10.7 Å². The van der Waals surface area contributed by atoms with Crippen LogP contribution in [0.5, 0.6) is 5.75 Å². The third kappa shape index (κ3) is 5.11. The molecule has 0 aliphatic heterocycles. The molecule has 9 heteroatoms. The van der Waals surface area contributed by atoms with Gasteiger partial charge in [-0.1, -0.05) is 6.92 Å². The van der Waals surface area contributed by atoms with Crippen molar-refractivity contribution < 1.29 is 17.9 Å². The van der Waals surface area contributed by atoms with Crippen LogP contribution >= 0.6 is 0 Å². The first-order valence-corrected chi connectivity index (χ1v) is 10.3. The summed E-state index contributed by atoms with van der Waals surface area (Å²) >= 11 is 0. The van der Waals surface area contributed by atoms with Gasteiger partial charge in [-0.25, -0.2) is 23.1 Å². The van der Waals surface area contributed by atoms with Crippen LogP contribution < -0.4 is 10.1 Å². The molecule has 2 N–H and O–H groups in total. The molecule has 1 heterocycles. The highest BCUT2D eigenvalue weighted by molar-refractivity contribution is 7.85. The van der Waals surface area contributed by atoms with E-state index in [0.29, 0.717) is 22.8 Å². The van der Waals surface area contributed by atoms with E-state index in [4.69, 9.17) is 9.52 Å². The maximum atomic E-state index is 14.3. The maximum Gasteiger partial charge on any atom is 0.227 e. The van der Waals surface area contributed by atoms with Gasteiger partial charge in [0.15, 0.2) is 5.82 Å². The van der Waals surface area contributed by atoms with Crippen molar-refractivity contribution in [1.29, 1.82) is 4.78 Å². The molecule has 3 aromatic rings. The second-order valence-corrected chi connectivity index (χ2v) is 7.99. The maximum absolute atomic E-state index is 14.3. The molecule has 0 saturated heterocycles. The molecule has 1 atom stereocenters. The highest BCUT2D eigenvalue weighted by Gasteiger charge is 2.15. The number of hydrogen-bond acceptors (Lipinski definition) is 5. The molecule has 3 rings (SSSR count). The number of benzene rings is 2. The van der Waals surface area contributed by atoms with E-state index in [-0.39, 0.29) is 23.0 Å². The number of aromatic nitrogens is 2. The molecule has 5 nitrogen and oxygen atoms in total. The van der Waals surface area contributed by atoms with Crippen LogP contribution in [0.4, 0.5) is 24.8 Å². The molecule has 0 spiro atoms. The van der Waals surface area contributed by atoms with Crippen molar-refractivity contribution in [3.05, 3.63) is 65.6 Å². The Morgan fingerprint density at radius 3 is 2.62 bits per heavy atom. The van der Waals surface area contributed by atoms with Crippen LogP contribution in [-0.4, -0.2) is 22.8 Å². The van der Waals surface area contributed by atoms with Gasteiger partial charge in [0.25, 0.3) is 0 Å². The number of halogens is 3. The van der Waals surface area contributed by atoms with Gasteiger partial charge in [-0.2, -0.15) is 0 Å². The van der Waals surface area contributed by atoms with Crippen LogP contribution in [-0.2, 0) is 16.4 Å². The van der Waals surface area contributed by atoms with Gasteiger partial charge in [0, 0.05) is 28.8 Å². The number of hydrogen-bond donors (Lipinski definition) is 2. The zero-order valence-corrected chi connectivity index (χ0v) is 16.6. The molecule has 0 amide bonds. The Kier molecular flexibility index (Phi) is 6.48. The summed E-state index contributed by atoms with van der Waals surface area (Å²) in [5, 5.41) is 2.86. The Morgan fingerprint density at radius 1 is 1.10 bits per heavy atom. The predicted molar refractivity (Wildman–Crippen MR) is 108 cm³/mol. The fourth-order valence-corrected chi connectivity index (χ4v) is 3.49. The third-order valence-electron chi connectivity index (χ3n) is 4.07. The summed E-state index contributed by atoms with van der Waals surface area (Å²) in [6, 6.07) is 8.03. The SMILES string of the molecule is CCS(=N)Cc1cc(F)cc(Nc2ncc(F)c(-c3ccc(F)cc3OC)n2)c1. The second-order valence-electron chi connectivity index (χ2n) is 6.13. The molecule has 0 radical (unpaired) electrons. The molecule has 0 aliphatic rings. The Bertz CT molecular complexity index is 1060. The average Bonchev–Trinajstić information content (AvgIpc) is 2.69. The van der Waals surface area contributed by atoms with E-state index in [2.05, 4.69) is 15.3 Å². The summed E-state index contributed by atoms with van der Waals surface area (Å²) in [4.78, 5) is 8.05. The molecule has 0 saturated carbocycles. The van der Waals surface area contributed by atoms with Crippen molar-refractivity contribution in [2.75, 3.05) is 18.2 Å². The quantitative estimate of drug-likeness (QED) is 0.550. The first kappa shape index (κ1) is 20.8. The lowest BCUT2D eigenvalue weighted by Gasteiger charge is -2.12. The molecule has 0 aliphatic carbocycles. The molecule has 1 unspecified atom stereocenters. The van der Waals surface area contributed by atoms with Crippen molar-refractivity contribution in [1.82, 2.24) is 9.97 Å². The van der Waals surface area contributed by atoms with E-state index in [0.717, 1.165) is 12.3 Å². The summed E-state index contributed by atoms with van der Waals surface area (Å²) in [6.07, 6.45) is 0.978. The van der Waals surface area contributed by atoms with Gasteiger partial charge >= 0.3 is 0 Å². The Balaban J connectivity index is 1.94. The second kappa shape index (κ2) is 9.04. The zero-order valence-electron chi connectivity index (χ0n) is 15.8. The van der Waals surface area contributed by atoms with E-state index in [1.165, 1.54) is 31.4 Å². The van der Waals surface area contributed by atoms with Gasteiger partial charge in [0.05, 0.1) is 13.3 Å². The molecule has 152 valence electrons. The predicted octanol–water partition coefficient (Wildman–Crippen LogP) is 5.21. The summed E-state index contributed by atoms with van der Waals surface area (Å²) < 4.78 is 54.8. The van der Waals surface area contributed by atoms with Gasteiger partial charge in [-0.3, -0.25) is 4.78 Å². The van der Waals surface area contributed by atoms with Crippen LogP contribution in [0.25, 0.3) is 11.3 Å². The fraction of sp³-hybridized carbons (Fsp3) is 0.200. The van der Waals surface area contributed by atoms with Crippen LogP contribution in [0, 0.1) is 22.2 Å². The Morgan fingerprint density at radius 2 is 1.90 bits per heavy atom. The number of nitrogens with one attached hydrogen (secondary N) is 2. The zero-order chi connectivity index (χ0) is 21.0. The molecule has 29 heavy (non-hydrogen) atoms. The summed E-state index contributed by atoms with van der Waals surface area (Å²) in [6.45, 7) is 1.91. The standard InChI is InChI=1S/C20H19F3N4OS/c1-3-29(24)11-12-6-14(22)8-15(7-12)26-20-25-10-17(23)19(27-20)16-5-4-13(21)9-18(16)28-2/h4-10,24H,3,11H2,1-2H3,(H,25,26,27). The lowest BCUT2D eigenvalue weighted by molar-refractivity contribution is 0.412. The normalized spacial score (nSPS) is 11.9. The average molecular weight is 420 g/mol. The van der Waals surface area contributed by atoms with Crippen LogP contribution in [0.3, 0.4) is 0 Å². The molecule has 2 aromatic carbocycles. The number of anilines is 2. The van der Waals surface area contributed by atoms with Crippen molar-refractivity contribution in [2.45, 2.75) is 12.7 Å². The molecule has 0 bridgehead atoms. The van der Waals surface area contributed by atoms with Crippen molar-refractivity contribution >= 4 is 22.3 Å². The van der Waals surface area contributed by atoms with Gasteiger partial charge in [-0.05, 0) is 35.9 Å². The van der Waals surface area contributed by atoms with E-state index < -0.39 is 28.1 Å². The first-order valence-electron chi connectivity index (χ1n) is 8.71. The van der Waals surface area contributed by atoms with Crippen LogP contribution in [0.1, 0.15) is 12.5 Å². The topological polar surface area (TPSA) is 70.9 Å². The van der Waals surface area contributed by atoms with E-state index in [9.17, 15) is 13.2 Å². The van der Waals surface area contributed by atoms with Gasteiger partial charge < -0.3 is 10.1 Å². The van der Waals surface area contributed by atoms with Crippen LogP contribution in [0.2, 0.25) is 0 Å². The van der Waals surface area contributed by atoms with Gasteiger partial charge in [0.2, 0.25) is 5.95 Å². The molecular weight excluding hydrogens is 401 g/mol. The van der Waals surface area contributed by atoms with Gasteiger partial charge in [0.1, 0.15) is 23.1 Å². The van der Waals surface area contributed by atoms with E-state index in [1.54, 1.807) is 6.07 Å². The summed E-state index contributed by atoms with van der Waals surface area (Å²) in [5.74, 6) is -0.393. The van der Waals surface area contributed by atoms with Crippen molar-refractivity contribution in [3.8, 4) is 17.0 Å². The lowest BCUT2D eigenvalue weighted by Crippen LogP contribution is -2.03. The minimum Gasteiger partial charge on any atom is -0.496 e. The highest BCUT2D eigenvalue weighted by Crippen LogP contribution is 2.31. The minimum atomic E-state index is -0.707. The van der Waals surface area contributed by atoms with E-state index >= 15 is 0 Å². The number of nitrogens with zero attached hydrogens (tertiary/aromatic N) is 2. The summed E-state index contributed by atoms with van der Waals surface area (Å²) in [7, 11) is 0.750. The Hall–Kier alpha value is -2.94. The van der Waals surface area contributed by atoms with Crippen LogP contribution in [0.15, 0.2) is 42.6 Å². The van der Waals surface area contributed by atoms with Crippen molar-refractivity contribution in [3.63, 3.8) is 0 Å². The molecule has 0 fully saturated rings. The number of methoxy groups -OCH3 is 1. The molecular formula is C20H19F3N4OS. The monoisotopic (exact) mass is 420 g/mol. The van der Waals surface area contributed by atoms with Crippen molar-refractivity contribution in [2.24, 2.45) is 0 Å². The molecule has 1 aromatic heterocycles.